The smallest absolute Gasteiger partial charge is 0.251 e. The Bertz CT molecular complexity index is 605. The average molecular weight is 224 g/mol. The zero-order valence-electron chi connectivity index (χ0n) is 9.23. The maximum absolute atomic E-state index is 11.6. The Morgan fingerprint density at radius 1 is 1.06 bits per heavy atom. The summed E-state index contributed by atoms with van der Waals surface area (Å²) in [6.07, 6.45) is 0. The average Bonchev–Trinajstić information content (AvgIpc) is 2.71. The minimum absolute atomic E-state index is 0.00533. The summed E-state index contributed by atoms with van der Waals surface area (Å²) in [6, 6.07) is 13.5. The summed E-state index contributed by atoms with van der Waals surface area (Å²) in [5, 5.41) is 2.84. The van der Waals surface area contributed by atoms with Crippen molar-refractivity contribution in [3.8, 4) is 11.1 Å². The van der Waals surface area contributed by atoms with E-state index in [0.29, 0.717) is 6.54 Å². The highest BCUT2D eigenvalue weighted by molar-refractivity contribution is 6.00. The molecule has 0 atom stereocenters. The van der Waals surface area contributed by atoms with Crippen LogP contribution >= 0.6 is 0 Å². The molecular formula is C14H12N2O. The van der Waals surface area contributed by atoms with Gasteiger partial charge in [-0.15, -0.1) is 0 Å². The van der Waals surface area contributed by atoms with Crippen LogP contribution in [0.2, 0.25) is 0 Å². The Morgan fingerprint density at radius 2 is 1.82 bits per heavy atom. The van der Waals surface area contributed by atoms with E-state index in [2.05, 4.69) is 5.32 Å². The van der Waals surface area contributed by atoms with Gasteiger partial charge in [0.2, 0.25) is 0 Å². The van der Waals surface area contributed by atoms with Crippen LogP contribution in [0.5, 0.6) is 0 Å². The summed E-state index contributed by atoms with van der Waals surface area (Å²) < 4.78 is 0. The summed E-state index contributed by atoms with van der Waals surface area (Å²) in [5.74, 6) is 0.00533. The van der Waals surface area contributed by atoms with E-state index in [4.69, 9.17) is 5.73 Å². The number of benzene rings is 2. The quantitative estimate of drug-likeness (QED) is 0.729. The predicted octanol–water partition coefficient (Wildman–Crippen LogP) is 2.18. The van der Waals surface area contributed by atoms with Crippen molar-refractivity contribution in [1.82, 2.24) is 5.32 Å². The van der Waals surface area contributed by atoms with E-state index < -0.39 is 0 Å². The molecule has 1 aliphatic heterocycles. The summed E-state index contributed by atoms with van der Waals surface area (Å²) in [6.45, 7) is 0.596. The maximum Gasteiger partial charge on any atom is 0.251 e. The topological polar surface area (TPSA) is 55.1 Å². The number of hydrogen-bond donors (Lipinski definition) is 2. The second kappa shape index (κ2) is 3.63. The number of nitrogens with one attached hydrogen (secondary N) is 1. The van der Waals surface area contributed by atoms with Crippen LogP contribution in [0.4, 0.5) is 5.69 Å². The van der Waals surface area contributed by atoms with E-state index >= 15 is 0 Å². The van der Waals surface area contributed by atoms with Crippen molar-refractivity contribution in [2.24, 2.45) is 0 Å². The third kappa shape index (κ3) is 1.56. The number of hydrogen-bond acceptors (Lipinski definition) is 2. The van der Waals surface area contributed by atoms with Crippen molar-refractivity contribution in [2.45, 2.75) is 6.54 Å². The molecule has 2 aromatic carbocycles. The molecule has 0 radical (unpaired) electrons. The molecule has 0 fully saturated rings. The molecule has 3 rings (SSSR count). The SMILES string of the molecule is Nc1cccc(-c2cccc3c2CNC3=O)c1. The van der Waals surface area contributed by atoms with E-state index in [1.54, 1.807) is 0 Å². The molecule has 0 saturated heterocycles. The zero-order chi connectivity index (χ0) is 11.8. The minimum atomic E-state index is 0.00533. The second-order valence-electron chi connectivity index (χ2n) is 4.14. The minimum Gasteiger partial charge on any atom is -0.399 e. The lowest BCUT2D eigenvalue weighted by molar-refractivity contribution is 0.0966. The van der Waals surface area contributed by atoms with Crippen LogP contribution in [0, 0.1) is 0 Å². The number of amides is 1. The first-order chi connectivity index (χ1) is 8.25. The lowest BCUT2D eigenvalue weighted by Gasteiger charge is -2.07. The van der Waals surface area contributed by atoms with Crippen LogP contribution in [0.1, 0.15) is 15.9 Å². The second-order valence-corrected chi connectivity index (χ2v) is 4.14. The molecule has 0 unspecified atom stereocenters. The largest absolute Gasteiger partial charge is 0.399 e. The predicted molar refractivity (Wildman–Crippen MR) is 67.5 cm³/mol. The number of fused-ring (bicyclic) bond motifs is 1. The van der Waals surface area contributed by atoms with Gasteiger partial charge >= 0.3 is 0 Å². The zero-order valence-corrected chi connectivity index (χ0v) is 9.23. The van der Waals surface area contributed by atoms with Crippen molar-refractivity contribution in [3.63, 3.8) is 0 Å². The van der Waals surface area contributed by atoms with Gasteiger partial charge in [-0.1, -0.05) is 24.3 Å². The van der Waals surface area contributed by atoms with E-state index in [1.165, 1.54) is 0 Å². The Kier molecular flexibility index (Phi) is 2.11. The number of nitrogens with two attached hydrogens (primary N) is 1. The molecule has 17 heavy (non-hydrogen) atoms. The summed E-state index contributed by atoms with van der Waals surface area (Å²) >= 11 is 0. The van der Waals surface area contributed by atoms with Gasteiger partial charge < -0.3 is 11.1 Å². The molecule has 0 bridgehead atoms. The van der Waals surface area contributed by atoms with Crippen LogP contribution in [0.25, 0.3) is 11.1 Å². The van der Waals surface area contributed by atoms with Crippen molar-refractivity contribution in [1.29, 1.82) is 0 Å². The highest BCUT2D eigenvalue weighted by Gasteiger charge is 2.21. The highest BCUT2D eigenvalue weighted by Crippen LogP contribution is 2.29. The van der Waals surface area contributed by atoms with Gasteiger partial charge in [0.05, 0.1) is 0 Å². The van der Waals surface area contributed by atoms with E-state index in [0.717, 1.165) is 27.9 Å². The first kappa shape index (κ1) is 9.90. The fourth-order valence-electron chi connectivity index (χ4n) is 2.23. The number of nitrogen functional groups attached to an aromatic ring is 1. The number of anilines is 1. The third-order valence-corrected chi connectivity index (χ3v) is 3.04. The molecule has 0 spiro atoms. The summed E-state index contributed by atoms with van der Waals surface area (Å²) in [5.41, 5.74) is 10.5. The summed E-state index contributed by atoms with van der Waals surface area (Å²) in [4.78, 5) is 11.6. The van der Waals surface area contributed by atoms with Gasteiger partial charge in [-0.2, -0.15) is 0 Å². The molecule has 2 aromatic rings. The molecule has 3 N–H and O–H groups in total. The van der Waals surface area contributed by atoms with Gasteiger partial charge in [0.15, 0.2) is 0 Å². The van der Waals surface area contributed by atoms with Crippen LogP contribution in [0.15, 0.2) is 42.5 Å². The van der Waals surface area contributed by atoms with Crippen molar-refractivity contribution >= 4 is 11.6 Å². The highest BCUT2D eigenvalue weighted by atomic mass is 16.1. The molecular weight excluding hydrogens is 212 g/mol. The molecule has 0 saturated carbocycles. The van der Waals surface area contributed by atoms with Crippen molar-refractivity contribution in [2.75, 3.05) is 5.73 Å². The first-order valence-electron chi connectivity index (χ1n) is 5.52. The molecule has 0 aliphatic carbocycles. The number of carbonyl (C=O) groups excluding carboxylic acids is 1. The Labute approximate surface area is 99.3 Å². The fourth-order valence-corrected chi connectivity index (χ4v) is 2.23. The fraction of sp³-hybridized carbons (Fsp3) is 0.0714. The monoisotopic (exact) mass is 224 g/mol. The van der Waals surface area contributed by atoms with E-state index in [-0.39, 0.29) is 5.91 Å². The number of carbonyl (C=O) groups is 1. The van der Waals surface area contributed by atoms with E-state index in [1.807, 2.05) is 42.5 Å². The number of rotatable bonds is 1. The van der Waals surface area contributed by atoms with Gasteiger partial charge in [-0.3, -0.25) is 4.79 Å². The molecule has 3 heteroatoms. The third-order valence-electron chi connectivity index (χ3n) is 3.04. The van der Waals surface area contributed by atoms with Crippen LogP contribution in [-0.4, -0.2) is 5.91 Å². The van der Waals surface area contributed by atoms with Crippen LogP contribution in [-0.2, 0) is 6.54 Å². The summed E-state index contributed by atoms with van der Waals surface area (Å²) in [7, 11) is 0. The van der Waals surface area contributed by atoms with Crippen LogP contribution < -0.4 is 11.1 Å². The molecule has 0 aromatic heterocycles. The molecule has 1 aliphatic rings. The Hall–Kier alpha value is -2.29. The van der Waals surface area contributed by atoms with Gasteiger partial charge in [-0.05, 0) is 34.9 Å². The maximum atomic E-state index is 11.6. The van der Waals surface area contributed by atoms with Crippen molar-refractivity contribution < 1.29 is 4.79 Å². The van der Waals surface area contributed by atoms with E-state index in [9.17, 15) is 4.79 Å². The molecule has 84 valence electrons. The van der Waals surface area contributed by atoms with Gasteiger partial charge in [0.25, 0.3) is 5.91 Å². The van der Waals surface area contributed by atoms with Crippen molar-refractivity contribution in [3.05, 3.63) is 53.6 Å². The Balaban J connectivity index is 2.20. The lowest BCUT2D eigenvalue weighted by atomic mass is 9.97. The van der Waals surface area contributed by atoms with Gasteiger partial charge in [0, 0.05) is 17.8 Å². The van der Waals surface area contributed by atoms with Gasteiger partial charge in [-0.25, -0.2) is 0 Å². The Morgan fingerprint density at radius 3 is 2.65 bits per heavy atom. The van der Waals surface area contributed by atoms with Crippen LogP contribution in [0.3, 0.4) is 0 Å². The van der Waals surface area contributed by atoms with Gasteiger partial charge in [0.1, 0.15) is 0 Å². The standard InChI is InChI=1S/C14H12N2O/c15-10-4-1-3-9(7-10)11-5-2-6-12-13(11)8-16-14(12)17/h1-7H,8,15H2,(H,16,17). The first-order valence-corrected chi connectivity index (χ1v) is 5.52. The molecule has 1 amide bonds. The molecule has 1 heterocycles. The lowest BCUT2D eigenvalue weighted by Crippen LogP contribution is -2.12. The molecule has 3 nitrogen and oxygen atoms in total. The normalized spacial score (nSPS) is 13.3.